The Labute approximate surface area is 187 Å². The molecule has 1 aliphatic rings. The van der Waals surface area contributed by atoms with E-state index in [0.717, 1.165) is 30.0 Å². The van der Waals surface area contributed by atoms with Crippen LogP contribution in [0, 0.1) is 5.92 Å². The van der Waals surface area contributed by atoms with Crippen molar-refractivity contribution >= 4 is 5.91 Å². The summed E-state index contributed by atoms with van der Waals surface area (Å²) in [5, 5.41) is 7.58. The third kappa shape index (κ3) is 4.79. The summed E-state index contributed by atoms with van der Waals surface area (Å²) in [6.45, 7) is 5.47. The van der Waals surface area contributed by atoms with Gasteiger partial charge in [0.1, 0.15) is 17.3 Å². The zero-order valence-corrected chi connectivity index (χ0v) is 18.8. The fraction of sp³-hybridized carbons (Fsp3) is 0.458. The first-order valence-electron chi connectivity index (χ1n) is 11.2. The number of benzene rings is 1. The smallest absolute Gasteiger partial charge is 0.345 e. The third-order valence-electron chi connectivity index (χ3n) is 5.87. The standard InChI is InChI=1S/C24H30N4O4/c1-16(2)12-15-28-24(30)27-14-13-18(6-11-22(27)26-28)25-23(29)21-10-9-20(32-21)17-4-7-19(31-3)8-5-17/h4-5,7-10,16,18H,6,11-15H2,1-3H3,(H,25,29). The molecule has 3 heterocycles. The second kappa shape index (κ2) is 9.46. The zero-order valence-electron chi connectivity index (χ0n) is 18.8. The molecule has 1 unspecified atom stereocenters. The van der Waals surface area contributed by atoms with E-state index in [1.54, 1.807) is 28.5 Å². The van der Waals surface area contributed by atoms with E-state index in [1.165, 1.54) is 0 Å². The second-order valence-electron chi connectivity index (χ2n) is 8.65. The van der Waals surface area contributed by atoms with Gasteiger partial charge in [-0.25, -0.2) is 9.48 Å². The van der Waals surface area contributed by atoms with E-state index in [9.17, 15) is 9.59 Å². The molecule has 0 saturated carbocycles. The number of carbonyl (C=O) groups is 1. The molecule has 0 aliphatic carbocycles. The highest BCUT2D eigenvalue weighted by Crippen LogP contribution is 2.24. The summed E-state index contributed by atoms with van der Waals surface area (Å²) in [6.07, 6.45) is 3.00. The molecule has 0 spiro atoms. The molecule has 8 nitrogen and oxygen atoms in total. The molecule has 32 heavy (non-hydrogen) atoms. The number of nitrogens with zero attached hydrogens (tertiary/aromatic N) is 3. The number of aromatic nitrogens is 3. The first kappa shape index (κ1) is 21.9. The Kier molecular flexibility index (Phi) is 6.48. The number of ether oxygens (including phenoxy) is 1. The number of aryl methyl sites for hydroxylation is 2. The minimum absolute atomic E-state index is 0.0396. The summed E-state index contributed by atoms with van der Waals surface area (Å²) in [5.74, 6) is 2.74. The van der Waals surface area contributed by atoms with E-state index in [1.807, 2.05) is 24.3 Å². The van der Waals surface area contributed by atoms with Crippen LogP contribution in [0.3, 0.4) is 0 Å². The predicted octanol–water partition coefficient (Wildman–Crippen LogP) is 3.49. The van der Waals surface area contributed by atoms with Gasteiger partial charge in [-0.1, -0.05) is 13.8 Å². The van der Waals surface area contributed by atoms with Gasteiger partial charge in [-0.2, -0.15) is 5.10 Å². The van der Waals surface area contributed by atoms with E-state index in [4.69, 9.17) is 9.15 Å². The maximum absolute atomic E-state index is 12.7. The lowest BCUT2D eigenvalue weighted by atomic mass is 10.1. The number of furan rings is 1. The number of amides is 1. The van der Waals surface area contributed by atoms with Crippen molar-refractivity contribution in [1.29, 1.82) is 0 Å². The molecule has 4 rings (SSSR count). The first-order valence-corrected chi connectivity index (χ1v) is 11.2. The van der Waals surface area contributed by atoms with Crippen molar-refractivity contribution in [2.45, 2.75) is 58.7 Å². The molecule has 1 aliphatic heterocycles. The van der Waals surface area contributed by atoms with Crippen molar-refractivity contribution in [3.8, 4) is 17.1 Å². The first-order chi connectivity index (χ1) is 15.4. The lowest BCUT2D eigenvalue weighted by Gasteiger charge is -2.15. The Hall–Kier alpha value is -3.29. The monoisotopic (exact) mass is 438 g/mol. The number of rotatable bonds is 7. The van der Waals surface area contributed by atoms with Crippen molar-refractivity contribution in [2.75, 3.05) is 7.11 Å². The molecule has 0 saturated heterocycles. The quantitative estimate of drug-likeness (QED) is 0.610. The fourth-order valence-electron chi connectivity index (χ4n) is 3.93. The van der Waals surface area contributed by atoms with E-state index in [-0.39, 0.29) is 23.4 Å². The summed E-state index contributed by atoms with van der Waals surface area (Å²) in [4.78, 5) is 25.4. The summed E-state index contributed by atoms with van der Waals surface area (Å²) in [7, 11) is 1.62. The Bertz CT molecular complexity index is 1120. The van der Waals surface area contributed by atoms with Gasteiger partial charge in [0.25, 0.3) is 5.91 Å². The van der Waals surface area contributed by atoms with Crippen molar-refractivity contribution in [3.63, 3.8) is 0 Å². The van der Waals surface area contributed by atoms with Crippen LogP contribution in [0.5, 0.6) is 5.75 Å². The molecular weight excluding hydrogens is 408 g/mol. The molecule has 2 aromatic heterocycles. The minimum Gasteiger partial charge on any atom is -0.497 e. The maximum atomic E-state index is 12.7. The molecule has 3 aromatic rings. The van der Waals surface area contributed by atoms with Crippen LogP contribution >= 0.6 is 0 Å². The van der Waals surface area contributed by atoms with Crippen LogP contribution in [0.25, 0.3) is 11.3 Å². The fourth-order valence-corrected chi connectivity index (χ4v) is 3.93. The molecule has 0 fully saturated rings. The lowest BCUT2D eigenvalue weighted by Crippen LogP contribution is -2.35. The van der Waals surface area contributed by atoms with Crippen LogP contribution in [0.15, 0.2) is 45.6 Å². The topological polar surface area (TPSA) is 91.3 Å². The van der Waals surface area contributed by atoms with Crippen LogP contribution in [0.1, 0.15) is 49.5 Å². The third-order valence-corrected chi connectivity index (χ3v) is 5.87. The zero-order chi connectivity index (χ0) is 22.7. The molecule has 1 aromatic carbocycles. The van der Waals surface area contributed by atoms with Gasteiger partial charge in [-0.15, -0.1) is 0 Å². The van der Waals surface area contributed by atoms with Gasteiger partial charge in [-0.05, 0) is 61.6 Å². The summed E-state index contributed by atoms with van der Waals surface area (Å²) in [6, 6.07) is 10.9. The summed E-state index contributed by atoms with van der Waals surface area (Å²) >= 11 is 0. The number of fused-ring (bicyclic) bond motifs is 1. The molecular formula is C24H30N4O4. The van der Waals surface area contributed by atoms with E-state index in [0.29, 0.717) is 37.6 Å². The van der Waals surface area contributed by atoms with Gasteiger partial charge in [0, 0.05) is 31.1 Å². The average Bonchev–Trinajstić information content (AvgIpc) is 3.34. The van der Waals surface area contributed by atoms with E-state index in [2.05, 4.69) is 24.3 Å². The van der Waals surface area contributed by atoms with Crippen LogP contribution in [-0.2, 0) is 19.5 Å². The number of hydrogen-bond acceptors (Lipinski definition) is 5. The van der Waals surface area contributed by atoms with Gasteiger partial charge >= 0.3 is 5.69 Å². The highest BCUT2D eigenvalue weighted by Gasteiger charge is 2.23. The molecule has 1 N–H and O–H groups in total. The van der Waals surface area contributed by atoms with Gasteiger partial charge < -0.3 is 14.5 Å². The highest BCUT2D eigenvalue weighted by atomic mass is 16.5. The number of nitrogens with one attached hydrogen (secondary N) is 1. The van der Waals surface area contributed by atoms with Crippen molar-refractivity contribution in [3.05, 3.63) is 58.5 Å². The number of hydrogen-bond donors (Lipinski definition) is 1. The number of methoxy groups -OCH3 is 1. The average molecular weight is 439 g/mol. The van der Waals surface area contributed by atoms with Crippen LogP contribution in [0.2, 0.25) is 0 Å². The van der Waals surface area contributed by atoms with Gasteiger partial charge in [0.2, 0.25) is 0 Å². The van der Waals surface area contributed by atoms with Crippen molar-refractivity contribution in [1.82, 2.24) is 19.7 Å². The predicted molar refractivity (Wildman–Crippen MR) is 121 cm³/mol. The molecule has 0 radical (unpaired) electrons. The normalized spacial score (nSPS) is 15.9. The van der Waals surface area contributed by atoms with Crippen LogP contribution < -0.4 is 15.7 Å². The maximum Gasteiger partial charge on any atom is 0.345 e. The molecule has 0 bridgehead atoms. The second-order valence-corrected chi connectivity index (χ2v) is 8.65. The largest absolute Gasteiger partial charge is 0.497 e. The van der Waals surface area contributed by atoms with Gasteiger partial charge in [0.05, 0.1) is 7.11 Å². The van der Waals surface area contributed by atoms with Gasteiger partial charge in [0.15, 0.2) is 5.76 Å². The van der Waals surface area contributed by atoms with E-state index >= 15 is 0 Å². The van der Waals surface area contributed by atoms with Crippen LogP contribution in [0.4, 0.5) is 0 Å². The van der Waals surface area contributed by atoms with Gasteiger partial charge in [-0.3, -0.25) is 9.36 Å². The summed E-state index contributed by atoms with van der Waals surface area (Å²) < 4.78 is 14.3. The molecule has 1 atom stereocenters. The van der Waals surface area contributed by atoms with Crippen LogP contribution in [-0.4, -0.2) is 33.4 Å². The SMILES string of the molecule is COc1ccc(-c2ccc(C(=O)NC3CCc4nn(CCC(C)C)c(=O)n4CC3)o2)cc1. The minimum atomic E-state index is -0.247. The Morgan fingerprint density at radius 2 is 2.00 bits per heavy atom. The lowest BCUT2D eigenvalue weighted by molar-refractivity contribution is 0.0905. The Morgan fingerprint density at radius 3 is 2.72 bits per heavy atom. The molecule has 8 heteroatoms. The molecule has 170 valence electrons. The Balaban J connectivity index is 1.37. The molecule has 1 amide bonds. The number of carbonyl (C=O) groups excluding carboxylic acids is 1. The van der Waals surface area contributed by atoms with E-state index < -0.39 is 0 Å². The van der Waals surface area contributed by atoms with Crippen molar-refractivity contribution in [2.24, 2.45) is 5.92 Å². The Morgan fingerprint density at radius 1 is 1.22 bits per heavy atom. The summed E-state index contributed by atoms with van der Waals surface area (Å²) in [5.41, 5.74) is 0.821. The van der Waals surface area contributed by atoms with Crippen molar-refractivity contribution < 1.29 is 13.9 Å². The highest BCUT2D eigenvalue weighted by molar-refractivity contribution is 5.92.